The summed E-state index contributed by atoms with van der Waals surface area (Å²) in [5.74, 6) is -0.0984. The van der Waals surface area contributed by atoms with E-state index in [9.17, 15) is 9.90 Å². The van der Waals surface area contributed by atoms with Crippen LogP contribution >= 0.6 is 15.9 Å². The number of nitrogens with one attached hydrogen (secondary N) is 1. The van der Waals surface area contributed by atoms with Gasteiger partial charge in [0, 0.05) is 4.47 Å². The SMILES string of the molecule is C=C(O)[C@H](Cc1ccc(Br)cc1)NC(=O)OC(C)(C)C. The normalized spacial score (nSPS) is 12.6. The molecule has 5 heteroatoms. The fourth-order valence-electron chi connectivity index (χ4n) is 1.56. The second-order valence-electron chi connectivity index (χ2n) is 5.52. The molecule has 0 heterocycles. The van der Waals surface area contributed by atoms with Crippen molar-refractivity contribution in [3.63, 3.8) is 0 Å². The summed E-state index contributed by atoms with van der Waals surface area (Å²) < 4.78 is 6.14. The molecule has 0 aliphatic carbocycles. The van der Waals surface area contributed by atoms with Gasteiger partial charge < -0.3 is 15.2 Å². The first kappa shape index (κ1) is 16.6. The van der Waals surface area contributed by atoms with Crippen molar-refractivity contribution in [3.05, 3.63) is 46.6 Å². The van der Waals surface area contributed by atoms with E-state index in [0.717, 1.165) is 10.0 Å². The standard InChI is InChI=1S/C15H20BrNO3/c1-10(18)13(17-14(19)20-15(2,3)4)9-11-5-7-12(16)8-6-11/h5-8,13,18H,1,9H2,2-4H3,(H,17,19)/t13-/m0/s1. The van der Waals surface area contributed by atoms with Crippen LogP contribution < -0.4 is 5.32 Å². The van der Waals surface area contributed by atoms with E-state index >= 15 is 0 Å². The minimum atomic E-state index is -0.580. The molecule has 1 atom stereocenters. The van der Waals surface area contributed by atoms with Crippen molar-refractivity contribution in [3.8, 4) is 0 Å². The first-order valence-electron chi connectivity index (χ1n) is 6.29. The number of amides is 1. The number of carbonyl (C=O) groups excluding carboxylic acids is 1. The number of aliphatic hydroxyl groups is 1. The number of aliphatic hydroxyl groups excluding tert-OH is 1. The molecule has 1 amide bonds. The van der Waals surface area contributed by atoms with E-state index in [-0.39, 0.29) is 5.76 Å². The van der Waals surface area contributed by atoms with Gasteiger partial charge >= 0.3 is 6.09 Å². The molecule has 110 valence electrons. The summed E-state index contributed by atoms with van der Waals surface area (Å²) >= 11 is 3.36. The van der Waals surface area contributed by atoms with E-state index in [1.54, 1.807) is 20.8 Å². The van der Waals surface area contributed by atoms with Crippen molar-refractivity contribution in [1.29, 1.82) is 0 Å². The highest BCUT2D eigenvalue weighted by Gasteiger charge is 2.21. The van der Waals surface area contributed by atoms with E-state index in [0.29, 0.717) is 6.42 Å². The average molecular weight is 342 g/mol. The number of ether oxygens (including phenoxy) is 1. The summed E-state index contributed by atoms with van der Waals surface area (Å²) in [4.78, 5) is 11.7. The lowest BCUT2D eigenvalue weighted by Gasteiger charge is -2.23. The van der Waals surface area contributed by atoms with Crippen LogP contribution in [0.2, 0.25) is 0 Å². The Labute approximate surface area is 128 Å². The van der Waals surface area contributed by atoms with Crippen molar-refractivity contribution in [2.45, 2.75) is 38.8 Å². The van der Waals surface area contributed by atoms with Gasteiger partial charge in [-0.3, -0.25) is 0 Å². The lowest BCUT2D eigenvalue weighted by molar-refractivity contribution is 0.0501. The lowest BCUT2D eigenvalue weighted by Crippen LogP contribution is -2.41. The van der Waals surface area contributed by atoms with Crippen molar-refractivity contribution in [2.75, 3.05) is 0 Å². The largest absolute Gasteiger partial charge is 0.511 e. The Bertz CT molecular complexity index is 477. The number of hydrogen-bond donors (Lipinski definition) is 2. The molecule has 0 fully saturated rings. The Balaban J connectivity index is 2.68. The quantitative estimate of drug-likeness (QED) is 0.815. The number of rotatable bonds is 4. The zero-order valence-electron chi connectivity index (χ0n) is 11.9. The minimum absolute atomic E-state index is 0.0984. The molecule has 1 rings (SSSR count). The van der Waals surface area contributed by atoms with Crippen molar-refractivity contribution < 1.29 is 14.6 Å². The molecule has 0 unspecified atom stereocenters. The number of carbonyl (C=O) groups is 1. The summed E-state index contributed by atoms with van der Waals surface area (Å²) in [6.45, 7) is 8.84. The first-order valence-corrected chi connectivity index (χ1v) is 7.08. The van der Waals surface area contributed by atoms with Gasteiger partial charge in [0.1, 0.15) is 11.4 Å². The highest BCUT2D eigenvalue weighted by atomic mass is 79.9. The summed E-state index contributed by atoms with van der Waals surface area (Å²) in [6.07, 6.45) is -0.128. The van der Waals surface area contributed by atoms with Gasteiger partial charge in [-0.2, -0.15) is 0 Å². The molecule has 0 aromatic heterocycles. The van der Waals surface area contributed by atoms with E-state index < -0.39 is 17.7 Å². The summed E-state index contributed by atoms with van der Waals surface area (Å²) in [5.41, 5.74) is 0.396. The molecule has 1 aromatic rings. The zero-order valence-corrected chi connectivity index (χ0v) is 13.5. The van der Waals surface area contributed by atoms with Crippen molar-refractivity contribution in [2.24, 2.45) is 0 Å². The van der Waals surface area contributed by atoms with Crippen LogP contribution in [0.3, 0.4) is 0 Å². The number of alkyl carbamates (subject to hydrolysis) is 1. The van der Waals surface area contributed by atoms with Gasteiger partial charge in [-0.25, -0.2) is 4.79 Å². The number of halogens is 1. The van der Waals surface area contributed by atoms with Gasteiger partial charge in [0.25, 0.3) is 0 Å². The van der Waals surface area contributed by atoms with E-state index in [1.165, 1.54) is 0 Å². The predicted octanol–water partition coefficient (Wildman–Crippen LogP) is 3.96. The maximum absolute atomic E-state index is 11.7. The van der Waals surface area contributed by atoms with Crippen LogP contribution in [-0.4, -0.2) is 22.8 Å². The molecular weight excluding hydrogens is 322 g/mol. The van der Waals surface area contributed by atoms with Crippen molar-refractivity contribution in [1.82, 2.24) is 5.32 Å². The number of benzene rings is 1. The predicted molar refractivity (Wildman–Crippen MR) is 82.8 cm³/mol. The van der Waals surface area contributed by atoms with Gasteiger partial charge in [-0.05, 0) is 44.9 Å². The minimum Gasteiger partial charge on any atom is -0.511 e. The molecule has 4 nitrogen and oxygen atoms in total. The van der Waals surface area contributed by atoms with E-state index in [1.807, 2.05) is 24.3 Å². The molecule has 0 bridgehead atoms. The molecule has 0 aliphatic rings. The van der Waals surface area contributed by atoms with Crippen LogP contribution in [0.5, 0.6) is 0 Å². The highest BCUT2D eigenvalue weighted by molar-refractivity contribution is 9.10. The van der Waals surface area contributed by atoms with Gasteiger partial charge in [0.05, 0.1) is 6.04 Å². The highest BCUT2D eigenvalue weighted by Crippen LogP contribution is 2.14. The second kappa shape index (κ2) is 6.79. The van der Waals surface area contributed by atoms with E-state index in [2.05, 4.69) is 27.8 Å². The van der Waals surface area contributed by atoms with Gasteiger partial charge in [-0.1, -0.05) is 34.6 Å². The molecule has 0 saturated carbocycles. The Morgan fingerprint density at radius 1 is 1.40 bits per heavy atom. The molecule has 1 aromatic carbocycles. The molecule has 0 aliphatic heterocycles. The maximum atomic E-state index is 11.7. The molecule has 0 radical (unpaired) electrons. The number of hydrogen-bond acceptors (Lipinski definition) is 3. The third-order valence-electron chi connectivity index (χ3n) is 2.45. The average Bonchev–Trinajstić information content (AvgIpc) is 2.28. The summed E-state index contributed by atoms with van der Waals surface area (Å²) in [7, 11) is 0. The monoisotopic (exact) mass is 341 g/mol. The van der Waals surface area contributed by atoms with Crippen LogP contribution in [0.4, 0.5) is 4.79 Å². The lowest BCUT2D eigenvalue weighted by atomic mass is 10.1. The van der Waals surface area contributed by atoms with Crippen LogP contribution in [0, 0.1) is 0 Å². The second-order valence-corrected chi connectivity index (χ2v) is 6.44. The van der Waals surface area contributed by atoms with Gasteiger partial charge in [0.2, 0.25) is 0 Å². The third kappa shape index (κ3) is 6.10. The van der Waals surface area contributed by atoms with Gasteiger partial charge in [0.15, 0.2) is 0 Å². The van der Waals surface area contributed by atoms with Crippen molar-refractivity contribution >= 4 is 22.0 Å². The molecule has 20 heavy (non-hydrogen) atoms. The molecular formula is C15H20BrNO3. The topological polar surface area (TPSA) is 58.6 Å². The fourth-order valence-corrected chi connectivity index (χ4v) is 1.82. The molecule has 0 spiro atoms. The Hall–Kier alpha value is -1.49. The zero-order chi connectivity index (χ0) is 15.3. The third-order valence-corrected chi connectivity index (χ3v) is 2.97. The van der Waals surface area contributed by atoms with Crippen LogP contribution in [0.15, 0.2) is 41.1 Å². The Kier molecular flexibility index (Phi) is 5.62. The summed E-state index contributed by atoms with van der Waals surface area (Å²) in [6, 6.07) is 7.05. The van der Waals surface area contributed by atoms with Crippen LogP contribution in [0.1, 0.15) is 26.3 Å². The van der Waals surface area contributed by atoms with Crippen LogP contribution in [0.25, 0.3) is 0 Å². The fraction of sp³-hybridized carbons (Fsp3) is 0.400. The van der Waals surface area contributed by atoms with Gasteiger partial charge in [-0.15, -0.1) is 0 Å². The summed E-state index contributed by atoms with van der Waals surface area (Å²) in [5, 5.41) is 12.2. The van der Waals surface area contributed by atoms with Crippen LogP contribution in [-0.2, 0) is 11.2 Å². The molecule has 0 saturated heterocycles. The molecule has 2 N–H and O–H groups in total. The Morgan fingerprint density at radius 2 is 1.95 bits per heavy atom. The maximum Gasteiger partial charge on any atom is 0.408 e. The van der Waals surface area contributed by atoms with E-state index in [4.69, 9.17) is 4.74 Å². The smallest absolute Gasteiger partial charge is 0.408 e. The Morgan fingerprint density at radius 3 is 2.40 bits per heavy atom. The first-order chi connectivity index (χ1) is 9.17.